The van der Waals surface area contributed by atoms with Gasteiger partial charge >= 0.3 is 0 Å². The van der Waals surface area contributed by atoms with Crippen LogP contribution in [-0.2, 0) is 9.59 Å². The van der Waals surface area contributed by atoms with Gasteiger partial charge in [0.15, 0.2) is 0 Å². The van der Waals surface area contributed by atoms with Crippen molar-refractivity contribution in [3.63, 3.8) is 0 Å². The molecule has 1 atom stereocenters. The van der Waals surface area contributed by atoms with Crippen LogP contribution >= 0.6 is 0 Å². The van der Waals surface area contributed by atoms with Crippen LogP contribution in [0.5, 0.6) is 5.75 Å². The lowest BCUT2D eigenvalue weighted by atomic mass is 10.2. The number of nitrogens with zero attached hydrogens (tertiary/aromatic N) is 3. The highest BCUT2D eigenvalue weighted by Crippen LogP contribution is 2.33. The molecule has 0 saturated carbocycles. The lowest BCUT2D eigenvalue weighted by molar-refractivity contribution is -0.137. The van der Waals surface area contributed by atoms with Crippen LogP contribution in [0.15, 0.2) is 18.2 Å². The molecule has 2 amide bonds. The molecule has 2 aromatic rings. The highest BCUT2D eigenvalue weighted by molar-refractivity contribution is 6.05. The first-order valence-corrected chi connectivity index (χ1v) is 6.74. The normalized spacial score (nSPS) is 18.8. The van der Waals surface area contributed by atoms with Gasteiger partial charge in [0.25, 0.3) is 5.91 Å². The number of imide groups is 1. The summed E-state index contributed by atoms with van der Waals surface area (Å²) in [5.41, 5.74) is 7.26. The number of nitrogen functional groups attached to an aromatic ring is 1. The van der Waals surface area contributed by atoms with Crippen molar-refractivity contribution in [1.82, 2.24) is 14.5 Å². The molecule has 1 fully saturated rings. The smallest absolute Gasteiger partial charge is 0.252 e. The molecule has 21 heavy (non-hydrogen) atoms. The van der Waals surface area contributed by atoms with E-state index in [0.717, 1.165) is 4.90 Å². The highest BCUT2D eigenvalue weighted by Gasteiger charge is 2.39. The minimum atomic E-state index is -0.635. The number of benzene rings is 1. The topological polar surface area (TPSA) is 90.4 Å². The fourth-order valence-electron chi connectivity index (χ4n) is 2.65. The van der Waals surface area contributed by atoms with E-state index in [9.17, 15) is 9.59 Å². The Morgan fingerprint density at radius 1 is 1.43 bits per heavy atom. The minimum Gasteiger partial charge on any atom is -0.492 e. The molecule has 1 saturated heterocycles. The maximum Gasteiger partial charge on any atom is 0.252 e. The van der Waals surface area contributed by atoms with Crippen molar-refractivity contribution >= 4 is 28.8 Å². The van der Waals surface area contributed by atoms with Gasteiger partial charge in [-0.1, -0.05) is 6.07 Å². The number of imidazole rings is 1. The second-order valence-corrected chi connectivity index (χ2v) is 4.91. The fourth-order valence-corrected chi connectivity index (χ4v) is 2.65. The fraction of sp³-hybridized carbons (Fsp3) is 0.357. The Kier molecular flexibility index (Phi) is 3.04. The molecule has 3 rings (SSSR count). The predicted molar refractivity (Wildman–Crippen MR) is 76.7 cm³/mol. The van der Waals surface area contributed by atoms with E-state index >= 15 is 0 Å². The van der Waals surface area contributed by atoms with Gasteiger partial charge < -0.3 is 10.5 Å². The molecule has 0 radical (unpaired) electrons. The summed E-state index contributed by atoms with van der Waals surface area (Å²) in [5, 5.41) is 0. The number of hydrogen-bond acceptors (Lipinski definition) is 5. The summed E-state index contributed by atoms with van der Waals surface area (Å²) < 4.78 is 7.14. The summed E-state index contributed by atoms with van der Waals surface area (Å²) in [5.74, 6) is 0.337. The van der Waals surface area contributed by atoms with E-state index in [1.807, 2.05) is 19.1 Å². The number of nitrogens with two attached hydrogens (primary N) is 1. The zero-order valence-corrected chi connectivity index (χ0v) is 11.9. The Labute approximate surface area is 121 Å². The van der Waals surface area contributed by atoms with Crippen molar-refractivity contribution in [3.8, 4) is 5.75 Å². The van der Waals surface area contributed by atoms with Gasteiger partial charge in [-0.25, -0.2) is 4.98 Å². The van der Waals surface area contributed by atoms with Gasteiger partial charge in [0.05, 0.1) is 18.5 Å². The standard InChI is InChI=1S/C14H16N4O3/c1-3-21-10-6-4-5-8-12(10)16-14(15)18(8)9-7-11(19)17(2)13(9)20/h4-6,9H,3,7H2,1-2H3,(H2,15,16). The third-order valence-corrected chi connectivity index (χ3v) is 3.68. The number of para-hydroxylation sites is 1. The van der Waals surface area contributed by atoms with Crippen molar-refractivity contribution < 1.29 is 14.3 Å². The predicted octanol–water partition coefficient (Wildman–Crippen LogP) is 0.947. The Morgan fingerprint density at radius 3 is 2.81 bits per heavy atom. The molecule has 0 aliphatic carbocycles. The van der Waals surface area contributed by atoms with Crippen LogP contribution < -0.4 is 10.5 Å². The van der Waals surface area contributed by atoms with Crippen molar-refractivity contribution in [2.24, 2.45) is 0 Å². The molecule has 0 spiro atoms. The Hall–Kier alpha value is -2.57. The summed E-state index contributed by atoms with van der Waals surface area (Å²) in [6.45, 7) is 2.39. The molecule has 1 unspecified atom stereocenters. The van der Waals surface area contributed by atoms with E-state index in [-0.39, 0.29) is 24.2 Å². The van der Waals surface area contributed by atoms with Gasteiger partial charge in [-0.15, -0.1) is 0 Å². The molecule has 110 valence electrons. The van der Waals surface area contributed by atoms with Gasteiger partial charge in [-0.2, -0.15) is 0 Å². The van der Waals surface area contributed by atoms with E-state index < -0.39 is 6.04 Å². The first-order valence-electron chi connectivity index (χ1n) is 6.74. The Morgan fingerprint density at radius 2 is 2.19 bits per heavy atom. The van der Waals surface area contributed by atoms with Crippen LogP contribution in [0.4, 0.5) is 5.95 Å². The van der Waals surface area contributed by atoms with E-state index in [2.05, 4.69) is 4.98 Å². The zero-order chi connectivity index (χ0) is 15.1. The van der Waals surface area contributed by atoms with Crippen LogP contribution in [0.3, 0.4) is 0 Å². The molecule has 0 bridgehead atoms. The van der Waals surface area contributed by atoms with Crippen LogP contribution in [0, 0.1) is 0 Å². The van der Waals surface area contributed by atoms with Crippen LogP contribution in [0.2, 0.25) is 0 Å². The summed E-state index contributed by atoms with van der Waals surface area (Å²) in [6, 6.07) is 4.80. The first-order chi connectivity index (χ1) is 10.0. The number of likely N-dealkylation sites (N-methyl/N-ethyl adjacent to an activating group) is 1. The molecule has 1 aliphatic heterocycles. The number of aromatic nitrogens is 2. The molecular weight excluding hydrogens is 272 g/mol. The number of amides is 2. The molecule has 1 aliphatic rings. The summed E-state index contributed by atoms with van der Waals surface area (Å²) in [7, 11) is 1.48. The average Bonchev–Trinajstić information content (AvgIpc) is 2.91. The third-order valence-electron chi connectivity index (χ3n) is 3.68. The maximum atomic E-state index is 12.2. The van der Waals surface area contributed by atoms with E-state index in [4.69, 9.17) is 10.5 Å². The number of hydrogen-bond donors (Lipinski definition) is 1. The molecule has 7 heteroatoms. The summed E-state index contributed by atoms with van der Waals surface area (Å²) >= 11 is 0. The van der Waals surface area contributed by atoms with Crippen molar-refractivity contribution in [1.29, 1.82) is 0 Å². The number of ether oxygens (including phenoxy) is 1. The maximum absolute atomic E-state index is 12.2. The average molecular weight is 288 g/mol. The Balaban J connectivity index is 2.16. The SMILES string of the molecule is CCOc1cccc2c1nc(N)n2C1CC(=O)N(C)C1=O. The van der Waals surface area contributed by atoms with Gasteiger partial charge in [-0.3, -0.25) is 19.1 Å². The van der Waals surface area contributed by atoms with Gasteiger partial charge in [0.2, 0.25) is 11.9 Å². The zero-order valence-electron chi connectivity index (χ0n) is 11.9. The van der Waals surface area contributed by atoms with Gasteiger partial charge in [0, 0.05) is 7.05 Å². The summed E-state index contributed by atoms with van der Waals surface area (Å²) in [4.78, 5) is 29.3. The number of rotatable bonds is 3. The van der Waals surface area contributed by atoms with Crippen molar-refractivity contribution in [3.05, 3.63) is 18.2 Å². The molecule has 2 heterocycles. The van der Waals surface area contributed by atoms with E-state index in [1.54, 1.807) is 10.6 Å². The van der Waals surface area contributed by atoms with E-state index in [1.165, 1.54) is 7.05 Å². The van der Waals surface area contributed by atoms with Crippen molar-refractivity contribution in [2.75, 3.05) is 19.4 Å². The molecular formula is C14H16N4O3. The number of fused-ring (bicyclic) bond motifs is 1. The van der Waals surface area contributed by atoms with E-state index in [0.29, 0.717) is 23.4 Å². The number of likely N-dealkylation sites (tertiary alicyclic amines) is 1. The van der Waals surface area contributed by atoms with Crippen LogP contribution in [0.1, 0.15) is 19.4 Å². The van der Waals surface area contributed by atoms with Crippen LogP contribution in [-0.4, -0.2) is 39.9 Å². The minimum absolute atomic E-state index is 0.101. The quantitative estimate of drug-likeness (QED) is 0.849. The first kappa shape index (κ1) is 13.4. The largest absolute Gasteiger partial charge is 0.492 e. The lowest BCUT2D eigenvalue weighted by Gasteiger charge is -2.13. The third kappa shape index (κ3) is 1.93. The van der Waals surface area contributed by atoms with Gasteiger partial charge in [-0.05, 0) is 19.1 Å². The summed E-state index contributed by atoms with van der Waals surface area (Å²) in [6.07, 6.45) is 0.101. The second-order valence-electron chi connectivity index (χ2n) is 4.91. The number of anilines is 1. The lowest BCUT2D eigenvalue weighted by Crippen LogP contribution is -2.27. The molecule has 1 aromatic carbocycles. The second kappa shape index (κ2) is 4.76. The van der Waals surface area contributed by atoms with Crippen molar-refractivity contribution in [2.45, 2.75) is 19.4 Å². The molecule has 7 nitrogen and oxygen atoms in total. The van der Waals surface area contributed by atoms with Gasteiger partial charge in [0.1, 0.15) is 17.3 Å². The highest BCUT2D eigenvalue weighted by atomic mass is 16.5. The number of carbonyl (C=O) groups is 2. The number of carbonyl (C=O) groups excluding carboxylic acids is 2. The monoisotopic (exact) mass is 288 g/mol. The molecule has 1 aromatic heterocycles. The molecule has 2 N–H and O–H groups in total. The Bertz CT molecular complexity index is 737. The van der Waals surface area contributed by atoms with Crippen LogP contribution in [0.25, 0.3) is 11.0 Å².